The first-order valence-electron chi connectivity index (χ1n) is 7.26. The Morgan fingerprint density at radius 3 is 2.56 bits per heavy atom. The normalized spacial score (nSPS) is 15.2. The second kappa shape index (κ2) is 7.50. The molecule has 3 rings (SSSR count). The van der Waals surface area contributed by atoms with E-state index in [1.54, 1.807) is 42.5 Å². The van der Waals surface area contributed by atoms with Crippen molar-refractivity contribution in [3.05, 3.63) is 64.6 Å². The van der Waals surface area contributed by atoms with Crippen LogP contribution in [0.4, 0.5) is 0 Å². The number of nitrogens with one attached hydrogen (secondary N) is 1. The number of thiocarbonyl (C=S) groups is 1. The molecule has 0 saturated carbocycles. The lowest BCUT2D eigenvalue weighted by Crippen LogP contribution is -2.17. The summed E-state index contributed by atoms with van der Waals surface area (Å²) in [5.74, 6) is 0.473. The van der Waals surface area contributed by atoms with Gasteiger partial charge in [-0.3, -0.25) is 4.79 Å². The summed E-state index contributed by atoms with van der Waals surface area (Å²) < 4.78 is 10.9. The predicted molar refractivity (Wildman–Crippen MR) is 101 cm³/mol. The number of carbonyl (C=O) groups is 2. The first-order valence-corrected chi connectivity index (χ1v) is 8.49. The molecule has 126 valence electrons. The molecule has 0 aliphatic carbocycles. The Morgan fingerprint density at radius 1 is 1.16 bits per heavy atom. The van der Waals surface area contributed by atoms with E-state index in [9.17, 15) is 9.59 Å². The maximum Gasteiger partial charge on any atom is 0.337 e. The van der Waals surface area contributed by atoms with E-state index < -0.39 is 5.97 Å². The average molecular weight is 371 g/mol. The molecule has 0 spiro atoms. The molecule has 1 aliphatic heterocycles. The van der Waals surface area contributed by atoms with Crippen LogP contribution in [0.15, 0.2) is 53.4 Å². The monoisotopic (exact) mass is 371 g/mol. The van der Waals surface area contributed by atoms with Gasteiger partial charge in [-0.05, 0) is 42.0 Å². The van der Waals surface area contributed by atoms with Gasteiger partial charge >= 0.3 is 5.97 Å². The quantitative estimate of drug-likeness (QED) is 0.502. The zero-order chi connectivity index (χ0) is 17.8. The summed E-state index contributed by atoms with van der Waals surface area (Å²) in [4.78, 5) is 23.9. The van der Waals surface area contributed by atoms with Gasteiger partial charge in [0, 0.05) is 0 Å². The van der Waals surface area contributed by atoms with Gasteiger partial charge in [0.2, 0.25) is 0 Å². The number of hydrogen-bond donors (Lipinski definition) is 1. The van der Waals surface area contributed by atoms with Crippen molar-refractivity contribution in [2.75, 3.05) is 7.11 Å². The molecule has 25 heavy (non-hydrogen) atoms. The maximum atomic E-state index is 11.7. The molecule has 7 heteroatoms. The zero-order valence-electron chi connectivity index (χ0n) is 13.1. The molecule has 1 saturated heterocycles. The highest BCUT2D eigenvalue weighted by molar-refractivity contribution is 8.26. The minimum atomic E-state index is -0.427. The lowest BCUT2D eigenvalue weighted by atomic mass is 10.2. The van der Waals surface area contributed by atoms with Gasteiger partial charge < -0.3 is 14.8 Å². The summed E-state index contributed by atoms with van der Waals surface area (Å²) in [5, 5.41) is 2.58. The summed E-state index contributed by atoms with van der Waals surface area (Å²) in [6, 6.07) is 14.0. The van der Waals surface area contributed by atoms with Crippen molar-refractivity contribution in [2.24, 2.45) is 0 Å². The molecule has 1 amide bonds. The van der Waals surface area contributed by atoms with Crippen molar-refractivity contribution in [3.63, 3.8) is 0 Å². The van der Waals surface area contributed by atoms with E-state index in [4.69, 9.17) is 21.7 Å². The van der Waals surface area contributed by atoms with Gasteiger partial charge in [0.25, 0.3) is 5.91 Å². The Bertz CT molecular complexity index is 892. The highest BCUT2D eigenvalue weighted by atomic mass is 32.2. The lowest BCUT2D eigenvalue weighted by Gasteiger charge is -2.08. The largest absolute Gasteiger partial charge is 0.465 e. The van der Waals surface area contributed by atoms with Gasteiger partial charge in [-0.15, -0.1) is 0 Å². The number of amides is 1. The Morgan fingerprint density at radius 2 is 1.88 bits per heavy atom. The molecular weight excluding hydrogens is 358 g/mol. The Kier molecular flexibility index (Phi) is 5.16. The van der Waals surface area contributed by atoms with E-state index in [2.05, 4.69) is 5.32 Å². The van der Waals surface area contributed by atoms with Crippen molar-refractivity contribution in [1.82, 2.24) is 5.32 Å². The van der Waals surface area contributed by atoms with E-state index in [1.165, 1.54) is 18.9 Å². The number of methoxy groups -OCH3 is 1. The summed E-state index contributed by atoms with van der Waals surface area (Å²) in [7, 11) is 1.33. The molecule has 1 N–H and O–H groups in total. The number of ether oxygens (including phenoxy) is 2. The first kappa shape index (κ1) is 17.2. The summed E-state index contributed by atoms with van der Waals surface area (Å²) in [6.45, 7) is 0. The van der Waals surface area contributed by atoms with Crippen LogP contribution in [0.5, 0.6) is 11.5 Å². The summed E-state index contributed by atoms with van der Waals surface area (Å²) in [6.07, 6.45) is 1.75. The van der Waals surface area contributed by atoms with E-state index in [-0.39, 0.29) is 5.91 Å². The highest BCUT2D eigenvalue weighted by Gasteiger charge is 2.21. The fraction of sp³-hybridized carbons (Fsp3) is 0.0556. The minimum Gasteiger partial charge on any atom is -0.465 e. The molecule has 0 atom stereocenters. The van der Waals surface area contributed by atoms with Gasteiger partial charge in [-0.25, -0.2) is 4.79 Å². The first-order chi connectivity index (χ1) is 12.0. The molecule has 0 aromatic heterocycles. The third-order valence-electron chi connectivity index (χ3n) is 3.29. The second-order valence-electron chi connectivity index (χ2n) is 5.05. The van der Waals surface area contributed by atoms with Crippen LogP contribution in [0.25, 0.3) is 6.08 Å². The van der Waals surface area contributed by atoms with Gasteiger partial charge in [-0.2, -0.15) is 0 Å². The molecule has 0 bridgehead atoms. The summed E-state index contributed by atoms with van der Waals surface area (Å²) in [5.41, 5.74) is 1.22. The Labute approximate surface area is 154 Å². The number of esters is 1. The molecular formula is C18H13NO4S2. The van der Waals surface area contributed by atoms with Crippen LogP contribution in [0.2, 0.25) is 0 Å². The zero-order valence-corrected chi connectivity index (χ0v) is 14.8. The van der Waals surface area contributed by atoms with Crippen molar-refractivity contribution < 1.29 is 19.1 Å². The second-order valence-corrected chi connectivity index (χ2v) is 6.77. The fourth-order valence-electron chi connectivity index (χ4n) is 2.18. The highest BCUT2D eigenvalue weighted by Crippen LogP contribution is 2.28. The molecule has 1 heterocycles. The van der Waals surface area contributed by atoms with Crippen LogP contribution in [0, 0.1) is 0 Å². The van der Waals surface area contributed by atoms with Crippen molar-refractivity contribution in [3.8, 4) is 11.5 Å². The molecule has 1 aliphatic rings. The van der Waals surface area contributed by atoms with Crippen LogP contribution in [-0.4, -0.2) is 23.3 Å². The van der Waals surface area contributed by atoms with Crippen molar-refractivity contribution >= 4 is 46.3 Å². The van der Waals surface area contributed by atoms with Crippen LogP contribution in [0.1, 0.15) is 15.9 Å². The smallest absolute Gasteiger partial charge is 0.337 e. The van der Waals surface area contributed by atoms with E-state index in [0.717, 1.165) is 5.56 Å². The number of benzene rings is 2. The van der Waals surface area contributed by atoms with E-state index >= 15 is 0 Å². The van der Waals surface area contributed by atoms with E-state index in [0.29, 0.717) is 26.3 Å². The maximum absolute atomic E-state index is 11.7. The van der Waals surface area contributed by atoms with Gasteiger partial charge in [0.1, 0.15) is 15.8 Å². The molecule has 5 nitrogen and oxygen atoms in total. The van der Waals surface area contributed by atoms with Crippen LogP contribution in [0.3, 0.4) is 0 Å². The van der Waals surface area contributed by atoms with Crippen LogP contribution >= 0.6 is 24.0 Å². The number of carbonyl (C=O) groups excluding carboxylic acids is 2. The third-order valence-corrected chi connectivity index (χ3v) is 4.45. The number of rotatable bonds is 4. The number of hydrogen-bond acceptors (Lipinski definition) is 6. The number of thioether (sulfide) groups is 1. The van der Waals surface area contributed by atoms with Crippen molar-refractivity contribution in [2.45, 2.75) is 0 Å². The molecule has 2 aromatic rings. The average Bonchev–Trinajstić information content (AvgIpc) is 2.92. The predicted octanol–water partition coefficient (Wildman–Crippen LogP) is 3.75. The van der Waals surface area contributed by atoms with Crippen molar-refractivity contribution in [1.29, 1.82) is 0 Å². The SMILES string of the molecule is COC(=O)c1cccc(Oc2cccc(C=C3SC(=S)NC3=O)c2)c1. The molecule has 0 unspecified atom stereocenters. The fourth-order valence-corrected chi connectivity index (χ4v) is 3.22. The van der Waals surface area contributed by atoms with Gasteiger partial charge in [-0.1, -0.05) is 42.2 Å². The topological polar surface area (TPSA) is 64.6 Å². The minimum absolute atomic E-state index is 0.202. The lowest BCUT2D eigenvalue weighted by molar-refractivity contribution is -0.115. The summed E-state index contributed by atoms with van der Waals surface area (Å²) >= 11 is 6.20. The molecule has 0 radical (unpaired) electrons. The Hall–Kier alpha value is -2.64. The van der Waals surface area contributed by atoms with Crippen LogP contribution < -0.4 is 10.1 Å². The van der Waals surface area contributed by atoms with Gasteiger partial charge in [0.05, 0.1) is 17.6 Å². The standard InChI is InChI=1S/C18H13NO4S2/c1-22-17(21)12-5-3-7-14(10-12)23-13-6-2-4-11(8-13)9-15-16(20)19-18(24)25-15/h2-10H,1H3,(H,19,20,24). The third kappa shape index (κ3) is 4.26. The molecule has 1 fully saturated rings. The molecule has 2 aromatic carbocycles. The Balaban J connectivity index is 1.81. The van der Waals surface area contributed by atoms with E-state index in [1.807, 2.05) is 12.1 Å². The van der Waals surface area contributed by atoms with Crippen LogP contribution in [-0.2, 0) is 9.53 Å². The van der Waals surface area contributed by atoms with Gasteiger partial charge in [0.15, 0.2) is 0 Å².